The van der Waals surface area contributed by atoms with E-state index in [0.717, 1.165) is 6.41 Å². The number of alkyl halides is 1. The van der Waals surface area contributed by atoms with E-state index >= 15 is 0 Å². The average molecular weight is 164 g/mol. The van der Waals surface area contributed by atoms with Crippen LogP contribution in [-0.4, -0.2) is 43.0 Å². The normalized spacial score (nSPS) is 26.5. The maximum absolute atomic E-state index is 10.2. The molecule has 0 unspecified atom stereocenters. The number of hydrogen-bond acceptors (Lipinski definition) is 2. The highest BCUT2D eigenvalue weighted by Gasteiger charge is 2.17. The minimum absolute atomic E-state index is 0.0283. The Balaban J connectivity index is 2.31. The molecule has 0 N–H and O–H groups in total. The van der Waals surface area contributed by atoms with Gasteiger partial charge in [0.1, 0.15) is 0 Å². The lowest BCUT2D eigenvalue weighted by molar-refractivity contribution is -0.124. The van der Waals surface area contributed by atoms with E-state index < -0.39 is 0 Å². The molecule has 1 saturated heterocycles. The SMILES string of the molecule is O=CN1CCO[C@H](CCl)C1. The number of hydrogen-bond donors (Lipinski definition) is 0. The predicted octanol–water partition coefficient (Wildman–Crippen LogP) is 0.0824. The molecule has 0 saturated carbocycles. The molecule has 0 aromatic heterocycles. The van der Waals surface area contributed by atoms with Gasteiger partial charge in [-0.2, -0.15) is 0 Å². The van der Waals surface area contributed by atoms with Crippen LogP contribution in [0.4, 0.5) is 0 Å². The summed E-state index contributed by atoms with van der Waals surface area (Å²) in [4.78, 5) is 11.9. The fourth-order valence-corrected chi connectivity index (χ4v) is 1.12. The highest BCUT2D eigenvalue weighted by Crippen LogP contribution is 2.03. The maximum Gasteiger partial charge on any atom is 0.209 e. The molecular formula is C6H10ClNO2. The number of carbonyl (C=O) groups excluding carboxylic acids is 1. The van der Waals surface area contributed by atoms with Gasteiger partial charge in [-0.25, -0.2) is 0 Å². The van der Waals surface area contributed by atoms with Crippen LogP contribution in [0, 0.1) is 0 Å². The first-order valence-electron chi connectivity index (χ1n) is 3.23. The van der Waals surface area contributed by atoms with E-state index in [1.54, 1.807) is 4.90 Å². The first-order chi connectivity index (χ1) is 4.86. The smallest absolute Gasteiger partial charge is 0.209 e. The number of ether oxygens (including phenoxy) is 1. The van der Waals surface area contributed by atoms with E-state index in [2.05, 4.69) is 0 Å². The summed E-state index contributed by atoms with van der Waals surface area (Å²) in [6.07, 6.45) is 0.864. The van der Waals surface area contributed by atoms with Crippen LogP contribution in [0.15, 0.2) is 0 Å². The molecule has 58 valence electrons. The third kappa shape index (κ3) is 1.85. The third-order valence-corrected chi connectivity index (χ3v) is 1.84. The van der Waals surface area contributed by atoms with Crippen LogP contribution < -0.4 is 0 Å². The van der Waals surface area contributed by atoms with Gasteiger partial charge in [-0.1, -0.05) is 0 Å². The summed E-state index contributed by atoms with van der Waals surface area (Å²) in [5.41, 5.74) is 0. The summed E-state index contributed by atoms with van der Waals surface area (Å²) in [6, 6.07) is 0. The van der Waals surface area contributed by atoms with E-state index in [-0.39, 0.29) is 6.10 Å². The summed E-state index contributed by atoms with van der Waals surface area (Å²) < 4.78 is 5.23. The summed E-state index contributed by atoms with van der Waals surface area (Å²) in [6.45, 7) is 1.93. The molecule has 1 amide bonds. The first kappa shape index (κ1) is 7.82. The second kappa shape index (κ2) is 3.78. The maximum atomic E-state index is 10.2. The summed E-state index contributed by atoms with van der Waals surface area (Å²) >= 11 is 5.54. The Morgan fingerprint density at radius 1 is 1.80 bits per heavy atom. The van der Waals surface area contributed by atoms with Crippen molar-refractivity contribution in [3.63, 3.8) is 0 Å². The summed E-state index contributed by atoms with van der Waals surface area (Å²) in [5.74, 6) is 0.463. The van der Waals surface area contributed by atoms with Crippen molar-refractivity contribution in [3.8, 4) is 0 Å². The number of rotatable bonds is 2. The Hall–Kier alpha value is -0.280. The molecule has 1 aliphatic rings. The standard InChI is InChI=1S/C6H10ClNO2/c7-3-6-4-8(5-9)1-2-10-6/h5-6H,1-4H2/t6-/m1/s1. The number of halogens is 1. The van der Waals surface area contributed by atoms with Gasteiger partial charge in [-0.15, -0.1) is 11.6 Å². The van der Waals surface area contributed by atoms with Crippen LogP contribution >= 0.6 is 11.6 Å². The van der Waals surface area contributed by atoms with E-state index in [1.807, 2.05) is 0 Å². The molecule has 1 aliphatic heterocycles. The fourth-order valence-electron chi connectivity index (χ4n) is 0.931. The zero-order valence-corrected chi connectivity index (χ0v) is 6.38. The number of morpholine rings is 1. The van der Waals surface area contributed by atoms with Gasteiger partial charge in [-0.05, 0) is 0 Å². The minimum atomic E-state index is 0.0283. The van der Waals surface area contributed by atoms with Crippen LogP contribution in [0.1, 0.15) is 0 Å². The molecule has 0 radical (unpaired) electrons. The largest absolute Gasteiger partial charge is 0.373 e. The van der Waals surface area contributed by atoms with Crippen LogP contribution in [0.25, 0.3) is 0 Å². The first-order valence-corrected chi connectivity index (χ1v) is 3.77. The Morgan fingerprint density at radius 2 is 2.60 bits per heavy atom. The predicted molar refractivity (Wildman–Crippen MR) is 38.1 cm³/mol. The molecule has 1 fully saturated rings. The molecule has 1 rings (SSSR count). The molecular weight excluding hydrogens is 154 g/mol. The summed E-state index contributed by atoms with van der Waals surface area (Å²) in [5, 5.41) is 0. The Labute approximate surface area is 64.9 Å². The molecule has 0 aromatic carbocycles. The molecule has 1 heterocycles. The Kier molecular flexibility index (Phi) is 2.96. The number of carbonyl (C=O) groups is 1. The third-order valence-electron chi connectivity index (χ3n) is 1.49. The van der Waals surface area contributed by atoms with Crippen LogP contribution in [0.2, 0.25) is 0 Å². The van der Waals surface area contributed by atoms with Crippen molar-refractivity contribution in [3.05, 3.63) is 0 Å². The van der Waals surface area contributed by atoms with Crippen molar-refractivity contribution in [1.29, 1.82) is 0 Å². The lowest BCUT2D eigenvalue weighted by Gasteiger charge is -2.28. The molecule has 1 atom stereocenters. The van der Waals surface area contributed by atoms with Crippen molar-refractivity contribution in [2.45, 2.75) is 6.10 Å². The quantitative estimate of drug-likeness (QED) is 0.426. The minimum Gasteiger partial charge on any atom is -0.373 e. The fraction of sp³-hybridized carbons (Fsp3) is 0.833. The Bertz CT molecular complexity index is 120. The highest BCUT2D eigenvalue weighted by atomic mass is 35.5. The van der Waals surface area contributed by atoms with Crippen molar-refractivity contribution in [2.24, 2.45) is 0 Å². The van der Waals surface area contributed by atoms with Crippen molar-refractivity contribution in [2.75, 3.05) is 25.6 Å². The molecule has 10 heavy (non-hydrogen) atoms. The van der Waals surface area contributed by atoms with Gasteiger partial charge in [0, 0.05) is 13.1 Å². The average Bonchev–Trinajstić information content (AvgIpc) is 2.05. The van der Waals surface area contributed by atoms with Gasteiger partial charge < -0.3 is 9.64 Å². The second-order valence-electron chi connectivity index (χ2n) is 2.25. The van der Waals surface area contributed by atoms with Gasteiger partial charge in [0.05, 0.1) is 18.6 Å². The Morgan fingerprint density at radius 3 is 3.20 bits per heavy atom. The molecule has 0 spiro atoms. The van der Waals surface area contributed by atoms with Crippen LogP contribution in [0.5, 0.6) is 0 Å². The lowest BCUT2D eigenvalue weighted by atomic mass is 10.3. The van der Waals surface area contributed by atoms with Crippen molar-refractivity contribution < 1.29 is 9.53 Å². The molecule has 0 bridgehead atoms. The van der Waals surface area contributed by atoms with Gasteiger partial charge in [0.15, 0.2) is 0 Å². The molecule has 0 aliphatic carbocycles. The van der Waals surface area contributed by atoms with E-state index in [4.69, 9.17) is 16.3 Å². The van der Waals surface area contributed by atoms with Gasteiger partial charge in [-0.3, -0.25) is 4.79 Å². The van der Waals surface area contributed by atoms with Gasteiger partial charge in [0.2, 0.25) is 6.41 Å². The molecule has 3 nitrogen and oxygen atoms in total. The van der Waals surface area contributed by atoms with E-state index in [0.29, 0.717) is 25.6 Å². The van der Waals surface area contributed by atoms with E-state index in [1.165, 1.54) is 0 Å². The zero-order chi connectivity index (χ0) is 7.40. The number of amides is 1. The lowest BCUT2D eigenvalue weighted by Crippen LogP contribution is -2.42. The van der Waals surface area contributed by atoms with E-state index in [9.17, 15) is 4.79 Å². The summed E-state index contributed by atoms with van der Waals surface area (Å²) in [7, 11) is 0. The zero-order valence-electron chi connectivity index (χ0n) is 5.62. The number of nitrogens with zero attached hydrogens (tertiary/aromatic N) is 1. The van der Waals surface area contributed by atoms with Crippen LogP contribution in [-0.2, 0) is 9.53 Å². The van der Waals surface area contributed by atoms with Crippen LogP contribution in [0.3, 0.4) is 0 Å². The topological polar surface area (TPSA) is 29.5 Å². The highest BCUT2D eigenvalue weighted by molar-refractivity contribution is 6.18. The van der Waals surface area contributed by atoms with Crippen molar-refractivity contribution >= 4 is 18.0 Å². The van der Waals surface area contributed by atoms with Gasteiger partial charge in [0.25, 0.3) is 0 Å². The molecule has 0 aromatic rings. The second-order valence-corrected chi connectivity index (χ2v) is 2.56. The monoisotopic (exact) mass is 163 g/mol. The molecule has 4 heteroatoms. The van der Waals surface area contributed by atoms with Gasteiger partial charge >= 0.3 is 0 Å². The van der Waals surface area contributed by atoms with Crippen molar-refractivity contribution in [1.82, 2.24) is 4.90 Å².